The molecule has 0 N–H and O–H groups in total. The van der Waals surface area contributed by atoms with Gasteiger partial charge in [-0.25, -0.2) is 9.18 Å². The van der Waals surface area contributed by atoms with Gasteiger partial charge in [-0.3, -0.25) is 9.47 Å². The number of carbonyl (C=O) groups is 1. The Balaban J connectivity index is 1.72. The van der Waals surface area contributed by atoms with Crippen LogP contribution < -0.4 is 0 Å². The van der Waals surface area contributed by atoms with Gasteiger partial charge in [0.05, 0.1) is 11.6 Å². The number of benzene rings is 2. The normalized spacial score (nSPS) is 12.2. The van der Waals surface area contributed by atoms with Gasteiger partial charge in [0.15, 0.2) is 11.0 Å². The van der Waals surface area contributed by atoms with Gasteiger partial charge in [-0.15, -0.1) is 10.2 Å². The van der Waals surface area contributed by atoms with Gasteiger partial charge >= 0.3 is 5.97 Å². The summed E-state index contributed by atoms with van der Waals surface area (Å²) < 4.78 is 20.6. The van der Waals surface area contributed by atoms with E-state index in [9.17, 15) is 9.18 Å². The standard InChI is InChI=1S/C21H23FN4O2S/c1-15(25(2)3)19-23-24-21(26(19)18-11-9-17(22)10-12-18)29-14-13-28-20(27)16-7-5-4-6-8-16/h4-12,15H,13-14H2,1-3H3/t15-/m1/s1. The third-order valence-corrected chi connectivity index (χ3v) is 5.34. The van der Waals surface area contributed by atoms with Gasteiger partial charge in [-0.1, -0.05) is 30.0 Å². The molecule has 0 aliphatic rings. The van der Waals surface area contributed by atoms with Crippen LogP contribution >= 0.6 is 11.8 Å². The lowest BCUT2D eigenvalue weighted by atomic mass is 10.2. The van der Waals surface area contributed by atoms with E-state index in [1.165, 1.54) is 23.9 Å². The van der Waals surface area contributed by atoms with Gasteiger partial charge in [-0.05, 0) is 57.4 Å². The lowest BCUT2D eigenvalue weighted by Crippen LogP contribution is -2.20. The van der Waals surface area contributed by atoms with Crippen molar-refractivity contribution in [2.24, 2.45) is 0 Å². The molecule has 0 fully saturated rings. The van der Waals surface area contributed by atoms with Crippen LogP contribution in [-0.4, -0.2) is 52.1 Å². The highest BCUT2D eigenvalue weighted by atomic mass is 32.2. The zero-order chi connectivity index (χ0) is 20.8. The smallest absolute Gasteiger partial charge is 0.338 e. The Morgan fingerprint density at radius 3 is 2.48 bits per heavy atom. The van der Waals surface area contributed by atoms with E-state index in [0.717, 1.165) is 11.5 Å². The van der Waals surface area contributed by atoms with Crippen LogP contribution in [0.2, 0.25) is 0 Å². The molecule has 0 radical (unpaired) electrons. The Bertz CT molecular complexity index is 945. The van der Waals surface area contributed by atoms with Crippen LogP contribution in [0.5, 0.6) is 0 Å². The van der Waals surface area contributed by atoms with Crippen molar-refractivity contribution in [3.8, 4) is 5.69 Å². The maximum atomic E-state index is 13.4. The summed E-state index contributed by atoms with van der Waals surface area (Å²) in [6.07, 6.45) is 0. The molecule has 1 aromatic heterocycles. The summed E-state index contributed by atoms with van der Waals surface area (Å²) in [5.41, 5.74) is 1.30. The van der Waals surface area contributed by atoms with Crippen LogP contribution in [0.15, 0.2) is 59.8 Å². The number of carbonyl (C=O) groups excluding carboxylic acids is 1. The van der Waals surface area contributed by atoms with Crippen molar-refractivity contribution in [2.45, 2.75) is 18.1 Å². The van der Waals surface area contributed by atoms with Gasteiger partial charge in [-0.2, -0.15) is 0 Å². The van der Waals surface area contributed by atoms with Crippen molar-refractivity contribution in [3.63, 3.8) is 0 Å². The molecule has 6 nitrogen and oxygen atoms in total. The Morgan fingerprint density at radius 1 is 1.14 bits per heavy atom. The summed E-state index contributed by atoms with van der Waals surface area (Å²) in [6.45, 7) is 2.27. The van der Waals surface area contributed by atoms with Gasteiger partial charge in [0.1, 0.15) is 12.4 Å². The predicted molar refractivity (Wildman–Crippen MR) is 111 cm³/mol. The minimum atomic E-state index is -0.354. The molecule has 152 valence electrons. The zero-order valence-corrected chi connectivity index (χ0v) is 17.4. The van der Waals surface area contributed by atoms with Crippen molar-refractivity contribution >= 4 is 17.7 Å². The lowest BCUT2D eigenvalue weighted by molar-refractivity contribution is 0.0530. The van der Waals surface area contributed by atoms with Gasteiger partial charge in [0.2, 0.25) is 0 Å². The fraction of sp³-hybridized carbons (Fsp3) is 0.286. The van der Waals surface area contributed by atoms with Crippen LogP contribution in [0.1, 0.15) is 29.1 Å². The van der Waals surface area contributed by atoms with Crippen molar-refractivity contribution < 1.29 is 13.9 Å². The van der Waals surface area contributed by atoms with E-state index in [1.54, 1.807) is 36.4 Å². The van der Waals surface area contributed by atoms with Crippen molar-refractivity contribution in [2.75, 3.05) is 26.5 Å². The molecule has 0 amide bonds. The average molecular weight is 415 g/mol. The summed E-state index contributed by atoms with van der Waals surface area (Å²) in [7, 11) is 3.92. The first-order valence-electron chi connectivity index (χ1n) is 9.20. The molecule has 0 bridgehead atoms. The molecule has 3 aromatic rings. The minimum absolute atomic E-state index is 0.0119. The van der Waals surface area contributed by atoms with Crippen LogP contribution in [0, 0.1) is 5.82 Å². The number of rotatable bonds is 8. The number of hydrogen-bond acceptors (Lipinski definition) is 6. The largest absolute Gasteiger partial charge is 0.461 e. The SMILES string of the molecule is C[C@H](c1nnc(SCCOC(=O)c2ccccc2)n1-c1ccc(F)cc1)N(C)C. The fourth-order valence-corrected chi connectivity index (χ4v) is 3.41. The van der Waals surface area contributed by atoms with E-state index in [4.69, 9.17) is 4.74 Å². The second kappa shape index (κ2) is 9.67. The second-order valence-corrected chi connectivity index (χ2v) is 7.70. The monoisotopic (exact) mass is 414 g/mol. The minimum Gasteiger partial charge on any atom is -0.461 e. The third kappa shape index (κ3) is 5.21. The zero-order valence-electron chi connectivity index (χ0n) is 16.6. The molecule has 1 heterocycles. The molecule has 8 heteroatoms. The third-order valence-electron chi connectivity index (χ3n) is 4.45. The lowest BCUT2D eigenvalue weighted by Gasteiger charge is -2.20. The Hall–Kier alpha value is -2.71. The van der Waals surface area contributed by atoms with Gasteiger partial charge in [0, 0.05) is 11.4 Å². The van der Waals surface area contributed by atoms with Crippen LogP contribution in [0.25, 0.3) is 5.69 Å². The van der Waals surface area contributed by atoms with Crippen molar-refractivity contribution in [3.05, 3.63) is 71.8 Å². The fourth-order valence-electron chi connectivity index (χ4n) is 2.63. The number of esters is 1. The van der Waals surface area contributed by atoms with E-state index in [-0.39, 0.29) is 24.4 Å². The topological polar surface area (TPSA) is 60.3 Å². The summed E-state index contributed by atoms with van der Waals surface area (Å²) in [4.78, 5) is 14.1. The maximum Gasteiger partial charge on any atom is 0.338 e. The molecular formula is C21H23FN4O2S. The van der Waals surface area contributed by atoms with E-state index >= 15 is 0 Å². The van der Waals surface area contributed by atoms with Crippen molar-refractivity contribution in [1.82, 2.24) is 19.7 Å². The number of halogens is 1. The Labute approximate surface area is 173 Å². The molecule has 0 aliphatic carbocycles. The summed E-state index contributed by atoms with van der Waals surface area (Å²) in [5.74, 6) is 0.624. The molecule has 1 atom stereocenters. The van der Waals surface area contributed by atoms with E-state index in [1.807, 2.05) is 36.6 Å². The van der Waals surface area contributed by atoms with Gasteiger partial charge < -0.3 is 4.74 Å². The molecule has 0 spiro atoms. The maximum absolute atomic E-state index is 13.4. The van der Waals surface area contributed by atoms with Crippen LogP contribution in [0.4, 0.5) is 4.39 Å². The number of nitrogens with zero attached hydrogens (tertiary/aromatic N) is 4. The van der Waals surface area contributed by atoms with E-state index in [2.05, 4.69) is 10.2 Å². The highest BCUT2D eigenvalue weighted by Crippen LogP contribution is 2.26. The van der Waals surface area contributed by atoms with Crippen LogP contribution in [0.3, 0.4) is 0 Å². The number of aromatic nitrogens is 3. The average Bonchev–Trinajstić information content (AvgIpc) is 3.15. The first kappa shape index (κ1) is 21.0. The number of thioether (sulfide) groups is 1. The highest BCUT2D eigenvalue weighted by Gasteiger charge is 2.21. The molecule has 2 aromatic carbocycles. The Kier molecular flexibility index (Phi) is 7.00. The quantitative estimate of drug-likeness (QED) is 0.316. The Morgan fingerprint density at radius 2 is 1.83 bits per heavy atom. The number of hydrogen-bond donors (Lipinski definition) is 0. The summed E-state index contributed by atoms with van der Waals surface area (Å²) in [6, 6.07) is 15.1. The summed E-state index contributed by atoms with van der Waals surface area (Å²) >= 11 is 1.43. The molecule has 0 saturated carbocycles. The first-order chi connectivity index (χ1) is 14.0. The molecule has 0 saturated heterocycles. The first-order valence-corrected chi connectivity index (χ1v) is 10.2. The van der Waals surface area contributed by atoms with Gasteiger partial charge in [0.25, 0.3) is 0 Å². The summed E-state index contributed by atoms with van der Waals surface area (Å²) in [5, 5.41) is 9.32. The number of ether oxygens (including phenoxy) is 1. The molecule has 0 aliphatic heterocycles. The van der Waals surface area contributed by atoms with E-state index < -0.39 is 0 Å². The molecular weight excluding hydrogens is 391 g/mol. The molecule has 3 rings (SSSR count). The van der Waals surface area contributed by atoms with Crippen molar-refractivity contribution in [1.29, 1.82) is 0 Å². The molecule has 29 heavy (non-hydrogen) atoms. The highest BCUT2D eigenvalue weighted by molar-refractivity contribution is 7.99. The second-order valence-electron chi connectivity index (χ2n) is 6.64. The predicted octanol–water partition coefficient (Wildman–Crippen LogP) is 3.98. The van der Waals surface area contributed by atoms with E-state index in [0.29, 0.717) is 16.5 Å². The molecule has 0 unspecified atom stereocenters. The van der Waals surface area contributed by atoms with Crippen LogP contribution in [-0.2, 0) is 4.74 Å².